The molecular weight excluding hydrogens is 528 g/mol. The lowest BCUT2D eigenvalue weighted by atomic mass is 9.43. The lowest BCUT2D eigenvalue weighted by molar-refractivity contribution is -0.219. The van der Waals surface area contributed by atoms with E-state index in [9.17, 15) is 14.4 Å². The van der Waals surface area contributed by atoms with Crippen LogP contribution >= 0.6 is 0 Å². The summed E-state index contributed by atoms with van der Waals surface area (Å²) in [6.45, 7) is 21.0. The van der Waals surface area contributed by atoms with Crippen molar-refractivity contribution in [3.63, 3.8) is 0 Å². The summed E-state index contributed by atoms with van der Waals surface area (Å²) < 4.78 is 17.6. The lowest BCUT2D eigenvalue weighted by Crippen LogP contribution is -2.62. The highest BCUT2D eigenvalue weighted by Gasteiger charge is 2.64. The Labute approximate surface area is 255 Å². The Hall–Kier alpha value is -1.85. The molecule has 0 heterocycles. The molecule has 0 aromatic rings. The molecule has 6 heteroatoms. The fraction of sp³-hybridized carbons (Fsp3) is 0.861. The van der Waals surface area contributed by atoms with Crippen LogP contribution in [0.25, 0.3) is 0 Å². The molecule has 0 amide bonds. The van der Waals surface area contributed by atoms with Gasteiger partial charge in [0.1, 0.15) is 18.3 Å². The summed E-state index contributed by atoms with van der Waals surface area (Å²) in [6, 6.07) is 0. The van der Waals surface area contributed by atoms with Gasteiger partial charge in [-0.25, -0.2) is 0 Å². The van der Waals surface area contributed by atoms with Crippen LogP contribution in [0.5, 0.6) is 0 Å². The standard InChI is InChI=1S/C36H58O6/c1-20(2)26(21(3)4)12-11-22(5)28-13-14-29-27-17-32(40-23(6)37)31-18-33(41-24(7)38)34(42-25(8)39)19-36(31,10)30(27)15-16-35(28,29)9/h11-12,20-22,26-34H,13-19H2,1-10H3/b12-11+/t22-,27+,28-,29+,30+,31-,32+,33+,34+,35-,36-/m1/s1. The molecule has 0 radical (unpaired) electrons. The minimum atomic E-state index is -0.517. The van der Waals surface area contributed by atoms with Crippen molar-refractivity contribution in [3.8, 4) is 0 Å². The van der Waals surface area contributed by atoms with E-state index in [-0.39, 0.29) is 40.8 Å². The number of carbonyl (C=O) groups is 3. The maximum atomic E-state index is 12.4. The molecule has 42 heavy (non-hydrogen) atoms. The molecule has 4 aliphatic rings. The second-order valence-electron chi connectivity index (χ2n) is 15.6. The highest BCUT2D eigenvalue weighted by atomic mass is 16.6. The van der Waals surface area contributed by atoms with E-state index in [0.29, 0.717) is 60.2 Å². The Bertz CT molecular complexity index is 1020. The molecule has 0 spiro atoms. The molecule has 4 fully saturated rings. The second kappa shape index (κ2) is 12.6. The average molecular weight is 587 g/mol. The second-order valence-corrected chi connectivity index (χ2v) is 15.6. The van der Waals surface area contributed by atoms with E-state index in [1.54, 1.807) is 0 Å². The third-order valence-electron chi connectivity index (χ3n) is 12.5. The molecular formula is C36H58O6. The zero-order chi connectivity index (χ0) is 31.1. The molecule has 4 rings (SSSR count). The largest absolute Gasteiger partial charge is 0.462 e. The maximum absolute atomic E-state index is 12.4. The number of allylic oxidation sites excluding steroid dienone is 2. The molecule has 0 aliphatic heterocycles. The highest BCUT2D eigenvalue weighted by Crippen LogP contribution is 2.68. The summed E-state index contributed by atoms with van der Waals surface area (Å²) in [5.41, 5.74) is 0.0801. The van der Waals surface area contributed by atoms with E-state index in [1.165, 1.54) is 40.0 Å². The van der Waals surface area contributed by atoms with Gasteiger partial charge in [0.25, 0.3) is 0 Å². The van der Waals surface area contributed by atoms with Crippen molar-refractivity contribution in [2.45, 2.75) is 132 Å². The van der Waals surface area contributed by atoms with Gasteiger partial charge in [0, 0.05) is 26.7 Å². The van der Waals surface area contributed by atoms with Gasteiger partial charge in [-0.1, -0.05) is 60.6 Å². The van der Waals surface area contributed by atoms with Crippen molar-refractivity contribution in [1.82, 2.24) is 0 Å². The summed E-state index contributed by atoms with van der Waals surface area (Å²) in [5, 5.41) is 0. The van der Waals surface area contributed by atoms with Gasteiger partial charge in [0.05, 0.1) is 0 Å². The Morgan fingerprint density at radius 1 is 0.667 bits per heavy atom. The van der Waals surface area contributed by atoms with Gasteiger partial charge in [0.2, 0.25) is 0 Å². The minimum Gasteiger partial charge on any atom is -0.462 e. The monoisotopic (exact) mass is 586 g/mol. The van der Waals surface area contributed by atoms with Crippen molar-refractivity contribution < 1.29 is 28.6 Å². The Morgan fingerprint density at radius 3 is 1.79 bits per heavy atom. The fourth-order valence-electron chi connectivity index (χ4n) is 10.8. The van der Waals surface area contributed by atoms with E-state index < -0.39 is 12.2 Å². The zero-order valence-corrected chi connectivity index (χ0v) is 28.0. The molecule has 238 valence electrons. The minimum absolute atomic E-state index is 0.0613. The first-order valence-electron chi connectivity index (χ1n) is 16.8. The lowest BCUT2D eigenvalue weighted by Gasteiger charge is -2.63. The van der Waals surface area contributed by atoms with Crippen LogP contribution < -0.4 is 0 Å². The number of carbonyl (C=O) groups excluding carboxylic acids is 3. The summed E-state index contributed by atoms with van der Waals surface area (Å²) in [4.78, 5) is 36.5. The first-order chi connectivity index (χ1) is 19.6. The van der Waals surface area contributed by atoms with Crippen LogP contribution in [0.1, 0.15) is 114 Å². The van der Waals surface area contributed by atoms with Crippen LogP contribution in [0, 0.1) is 64.1 Å². The molecule has 0 N–H and O–H groups in total. The number of esters is 3. The van der Waals surface area contributed by atoms with Gasteiger partial charge in [-0.3, -0.25) is 14.4 Å². The quantitative estimate of drug-likeness (QED) is 0.164. The fourth-order valence-corrected chi connectivity index (χ4v) is 10.8. The predicted molar refractivity (Wildman–Crippen MR) is 164 cm³/mol. The molecule has 11 atom stereocenters. The van der Waals surface area contributed by atoms with Crippen LogP contribution in [0.15, 0.2) is 12.2 Å². The van der Waals surface area contributed by atoms with E-state index >= 15 is 0 Å². The summed E-state index contributed by atoms with van der Waals surface area (Å²) in [5.74, 6) is 3.62. The summed E-state index contributed by atoms with van der Waals surface area (Å²) in [6.07, 6.45) is 10.7. The maximum Gasteiger partial charge on any atom is 0.303 e. The number of ether oxygens (including phenoxy) is 3. The Kier molecular flexibility index (Phi) is 9.94. The Balaban J connectivity index is 1.63. The first kappa shape index (κ1) is 33.1. The van der Waals surface area contributed by atoms with Crippen molar-refractivity contribution in [3.05, 3.63) is 12.2 Å². The van der Waals surface area contributed by atoms with Crippen LogP contribution in [0.4, 0.5) is 0 Å². The summed E-state index contributed by atoms with van der Waals surface area (Å²) in [7, 11) is 0. The van der Waals surface area contributed by atoms with E-state index in [4.69, 9.17) is 14.2 Å². The average Bonchev–Trinajstić information content (AvgIpc) is 3.21. The predicted octanol–water partition coefficient (Wildman–Crippen LogP) is 7.78. The molecule has 0 aromatic carbocycles. The third-order valence-corrected chi connectivity index (χ3v) is 12.5. The van der Waals surface area contributed by atoms with Crippen LogP contribution in [0.3, 0.4) is 0 Å². The molecule has 0 unspecified atom stereocenters. The SMILES string of the molecule is CC(=O)O[C@H]1C[C@@H]2[C@@H](OC(C)=O)C[C@@H]3[C@H](CC[C@]4(C)[C@@H]([C@H](C)/C=C/C(C(C)C)C(C)C)CC[C@@H]34)[C@@]2(C)C[C@@H]1OC(C)=O. The van der Waals surface area contributed by atoms with Gasteiger partial charge < -0.3 is 14.2 Å². The van der Waals surface area contributed by atoms with Crippen LogP contribution in [0.2, 0.25) is 0 Å². The van der Waals surface area contributed by atoms with Gasteiger partial charge >= 0.3 is 17.9 Å². The smallest absolute Gasteiger partial charge is 0.303 e. The van der Waals surface area contributed by atoms with Crippen molar-refractivity contribution >= 4 is 17.9 Å². The molecule has 0 bridgehead atoms. The molecule has 0 saturated heterocycles. The topological polar surface area (TPSA) is 78.9 Å². The normalized spacial score (nSPS) is 40.4. The molecule has 4 saturated carbocycles. The zero-order valence-electron chi connectivity index (χ0n) is 28.0. The van der Waals surface area contributed by atoms with Gasteiger partial charge in [0.15, 0.2) is 0 Å². The summed E-state index contributed by atoms with van der Waals surface area (Å²) >= 11 is 0. The molecule has 6 nitrogen and oxygen atoms in total. The number of hydrogen-bond donors (Lipinski definition) is 0. The van der Waals surface area contributed by atoms with Crippen molar-refractivity contribution in [1.29, 1.82) is 0 Å². The van der Waals surface area contributed by atoms with Crippen LogP contribution in [-0.4, -0.2) is 36.2 Å². The van der Waals surface area contributed by atoms with Crippen molar-refractivity contribution in [2.24, 2.45) is 64.1 Å². The van der Waals surface area contributed by atoms with E-state index in [1.807, 2.05) is 0 Å². The Morgan fingerprint density at radius 2 is 1.21 bits per heavy atom. The van der Waals surface area contributed by atoms with Gasteiger partial charge in [-0.15, -0.1) is 0 Å². The molecule has 4 aliphatic carbocycles. The van der Waals surface area contributed by atoms with Crippen LogP contribution in [-0.2, 0) is 28.6 Å². The van der Waals surface area contributed by atoms with E-state index in [0.717, 1.165) is 12.8 Å². The first-order valence-corrected chi connectivity index (χ1v) is 16.8. The highest BCUT2D eigenvalue weighted by molar-refractivity contribution is 5.67. The van der Waals surface area contributed by atoms with Crippen molar-refractivity contribution in [2.75, 3.05) is 0 Å². The molecule has 0 aromatic heterocycles. The van der Waals surface area contributed by atoms with E-state index in [2.05, 4.69) is 60.6 Å². The number of fused-ring (bicyclic) bond motifs is 5. The number of hydrogen-bond acceptors (Lipinski definition) is 6. The van der Waals surface area contributed by atoms with Gasteiger partial charge in [-0.05, 0) is 103 Å². The number of rotatable bonds is 8. The third kappa shape index (κ3) is 6.34. The van der Waals surface area contributed by atoms with Gasteiger partial charge in [-0.2, -0.15) is 0 Å².